The number of nitrogens with one attached hydrogen (secondary N) is 2. The number of carbonyl (C=O) groups is 1. The molecule has 0 spiro atoms. The Balaban J connectivity index is 1.95. The number of halogens is 3. The fourth-order valence-corrected chi connectivity index (χ4v) is 2.45. The molecule has 0 aromatic carbocycles. The zero-order valence-electron chi connectivity index (χ0n) is 9.39. The number of amides is 1. The van der Waals surface area contributed by atoms with Crippen LogP contribution in [-0.2, 0) is 4.79 Å². The fourth-order valence-electron chi connectivity index (χ4n) is 2.45. The Morgan fingerprint density at radius 2 is 1.94 bits per heavy atom. The van der Waals surface area contributed by atoms with Gasteiger partial charge in [-0.15, -0.1) is 0 Å². The van der Waals surface area contributed by atoms with Crippen LogP contribution in [0.25, 0.3) is 0 Å². The Kier molecular flexibility index (Phi) is 3.58. The number of rotatable bonds is 2. The van der Waals surface area contributed by atoms with E-state index in [9.17, 15) is 18.0 Å². The topological polar surface area (TPSA) is 44.4 Å². The maximum absolute atomic E-state index is 12.7. The predicted octanol–water partition coefficient (Wildman–Crippen LogP) is -0.0414. The average molecular weight is 251 g/mol. The summed E-state index contributed by atoms with van der Waals surface area (Å²) in [7, 11) is 0. The van der Waals surface area contributed by atoms with Crippen LogP contribution in [0, 0.1) is 5.92 Å². The largest absolute Gasteiger partial charge is 0.408 e. The Hall–Kier alpha value is -0.820. The molecule has 98 valence electrons. The van der Waals surface area contributed by atoms with Crippen molar-refractivity contribution in [2.75, 3.05) is 32.7 Å². The number of nitrogens with zero attached hydrogens (tertiary/aromatic N) is 1. The van der Waals surface area contributed by atoms with Crippen LogP contribution in [0.3, 0.4) is 0 Å². The minimum atomic E-state index is -4.34. The lowest BCUT2D eigenvalue weighted by Crippen LogP contribution is -2.49. The summed E-state index contributed by atoms with van der Waals surface area (Å²) in [4.78, 5) is 13.1. The second-order valence-corrected chi connectivity index (χ2v) is 4.60. The van der Waals surface area contributed by atoms with Crippen molar-refractivity contribution >= 4 is 5.91 Å². The maximum Gasteiger partial charge on any atom is 0.408 e. The van der Waals surface area contributed by atoms with Crippen molar-refractivity contribution in [3.8, 4) is 0 Å². The number of hydrogen-bond donors (Lipinski definition) is 2. The minimum absolute atomic E-state index is 0.0197. The Labute approximate surface area is 97.5 Å². The quantitative estimate of drug-likeness (QED) is 0.724. The highest BCUT2D eigenvalue weighted by molar-refractivity contribution is 5.79. The molecule has 0 aliphatic carbocycles. The van der Waals surface area contributed by atoms with Gasteiger partial charge in [0.15, 0.2) is 0 Å². The fraction of sp³-hybridized carbons (Fsp3) is 0.900. The van der Waals surface area contributed by atoms with E-state index in [1.54, 1.807) is 0 Å². The van der Waals surface area contributed by atoms with E-state index in [1.807, 2.05) is 10.2 Å². The van der Waals surface area contributed by atoms with Crippen molar-refractivity contribution < 1.29 is 18.0 Å². The summed E-state index contributed by atoms with van der Waals surface area (Å²) in [5.41, 5.74) is 0. The minimum Gasteiger partial charge on any atom is -0.344 e. The van der Waals surface area contributed by atoms with Crippen molar-refractivity contribution in [1.29, 1.82) is 0 Å². The van der Waals surface area contributed by atoms with E-state index in [0.29, 0.717) is 6.54 Å². The van der Waals surface area contributed by atoms with Crippen LogP contribution in [0.4, 0.5) is 13.2 Å². The lowest BCUT2D eigenvalue weighted by Gasteiger charge is -2.31. The van der Waals surface area contributed by atoms with Gasteiger partial charge in [0.25, 0.3) is 0 Å². The highest BCUT2D eigenvalue weighted by Gasteiger charge is 2.50. The molecule has 2 heterocycles. The molecule has 4 nitrogen and oxygen atoms in total. The number of hydrogen-bond acceptors (Lipinski definition) is 3. The first-order valence-corrected chi connectivity index (χ1v) is 5.76. The van der Waals surface area contributed by atoms with Crippen molar-refractivity contribution in [1.82, 2.24) is 15.5 Å². The van der Waals surface area contributed by atoms with E-state index in [0.717, 1.165) is 26.2 Å². The number of carbonyl (C=O) groups excluding carboxylic acids is 1. The van der Waals surface area contributed by atoms with Gasteiger partial charge in [-0.2, -0.15) is 13.2 Å². The third kappa shape index (κ3) is 3.10. The summed E-state index contributed by atoms with van der Waals surface area (Å²) in [6.07, 6.45) is -4.36. The molecule has 0 radical (unpaired) electrons. The van der Waals surface area contributed by atoms with Gasteiger partial charge in [-0.3, -0.25) is 4.79 Å². The Morgan fingerprint density at radius 3 is 2.53 bits per heavy atom. The zero-order valence-corrected chi connectivity index (χ0v) is 9.39. The molecule has 2 saturated heterocycles. The van der Waals surface area contributed by atoms with Crippen molar-refractivity contribution in [3.63, 3.8) is 0 Å². The Bertz CT molecular complexity index is 289. The zero-order chi connectivity index (χ0) is 12.5. The average Bonchev–Trinajstić information content (AvgIpc) is 2.60. The highest BCUT2D eigenvalue weighted by Crippen LogP contribution is 2.31. The third-order valence-electron chi connectivity index (χ3n) is 3.29. The summed E-state index contributed by atoms with van der Waals surface area (Å²) >= 11 is 0. The van der Waals surface area contributed by atoms with Crippen LogP contribution in [0.5, 0.6) is 0 Å². The van der Waals surface area contributed by atoms with Crippen LogP contribution >= 0.6 is 0 Å². The second-order valence-electron chi connectivity index (χ2n) is 4.60. The molecule has 0 unspecified atom stereocenters. The van der Waals surface area contributed by atoms with E-state index < -0.39 is 24.0 Å². The van der Waals surface area contributed by atoms with Gasteiger partial charge in [-0.05, 0) is 0 Å². The summed E-state index contributed by atoms with van der Waals surface area (Å²) in [5.74, 6) is -1.15. The highest BCUT2D eigenvalue weighted by atomic mass is 19.4. The van der Waals surface area contributed by atoms with Gasteiger partial charge in [-0.1, -0.05) is 0 Å². The SMILES string of the molecule is O=C1C[C@H](CN2CCNCC2)[C@@H](C(F)(F)F)N1. The van der Waals surface area contributed by atoms with Crippen LogP contribution in [-0.4, -0.2) is 55.7 Å². The van der Waals surface area contributed by atoms with E-state index in [2.05, 4.69) is 5.32 Å². The van der Waals surface area contributed by atoms with Gasteiger partial charge in [-0.25, -0.2) is 0 Å². The first-order valence-electron chi connectivity index (χ1n) is 5.76. The molecule has 2 N–H and O–H groups in total. The molecule has 0 saturated carbocycles. The van der Waals surface area contributed by atoms with Gasteiger partial charge in [0, 0.05) is 45.1 Å². The van der Waals surface area contributed by atoms with E-state index in [-0.39, 0.29) is 6.42 Å². The predicted molar refractivity (Wildman–Crippen MR) is 55.4 cm³/mol. The van der Waals surface area contributed by atoms with Crippen LogP contribution < -0.4 is 10.6 Å². The van der Waals surface area contributed by atoms with Gasteiger partial charge >= 0.3 is 6.18 Å². The summed E-state index contributed by atoms with van der Waals surface area (Å²) < 4.78 is 38.1. The summed E-state index contributed by atoms with van der Waals surface area (Å²) in [6.45, 7) is 3.42. The van der Waals surface area contributed by atoms with Crippen molar-refractivity contribution in [2.45, 2.75) is 18.6 Å². The van der Waals surface area contributed by atoms with Gasteiger partial charge < -0.3 is 15.5 Å². The van der Waals surface area contributed by atoms with Crippen LogP contribution in [0.1, 0.15) is 6.42 Å². The molecule has 0 aromatic rings. The molecular weight excluding hydrogens is 235 g/mol. The monoisotopic (exact) mass is 251 g/mol. The lowest BCUT2D eigenvalue weighted by molar-refractivity contribution is -0.163. The molecule has 2 rings (SSSR count). The molecule has 7 heteroatoms. The van der Waals surface area contributed by atoms with Gasteiger partial charge in [0.05, 0.1) is 0 Å². The van der Waals surface area contributed by atoms with Crippen molar-refractivity contribution in [3.05, 3.63) is 0 Å². The normalized spacial score (nSPS) is 31.6. The molecule has 2 fully saturated rings. The molecule has 2 atom stereocenters. The third-order valence-corrected chi connectivity index (χ3v) is 3.29. The standard InChI is InChI=1S/C10H16F3N3O/c11-10(12,13)9-7(5-8(17)15-9)6-16-3-1-14-2-4-16/h7,9,14H,1-6H2,(H,15,17)/t7-,9+/m1/s1. The van der Waals surface area contributed by atoms with Crippen molar-refractivity contribution in [2.24, 2.45) is 5.92 Å². The first kappa shape index (κ1) is 12.6. The number of alkyl halides is 3. The molecular formula is C10H16F3N3O. The second kappa shape index (κ2) is 4.81. The van der Waals surface area contributed by atoms with E-state index in [1.165, 1.54) is 0 Å². The molecule has 1 amide bonds. The summed E-state index contributed by atoms with van der Waals surface area (Å²) in [6, 6.07) is -1.68. The van der Waals surface area contributed by atoms with E-state index >= 15 is 0 Å². The molecule has 17 heavy (non-hydrogen) atoms. The Morgan fingerprint density at radius 1 is 1.29 bits per heavy atom. The van der Waals surface area contributed by atoms with Crippen LogP contribution in [0.2, 0.25) is 0 Å². The van der Waals surface area contributed by atoms with Gasteiger partial charge in [0.2, 0.25) is 5.91 Å². The lowest BCUT2D eigenvalue weighted by atomic mass is 9.99. The first-order chi connectivity index (χ1) is 7.97. The number of piperazine rings is 1. The molecule has 2 aliphatic heterocycles. The molecule has 0 bridgehead atoms. The molecule has 0 aromatic heterocycles. The molecule has 2 aliphatic rings. The smallest absolute Gasteiger partial charge is 0.344 e. The van der Waals surface area contributed by atoms with Crippen LogP contribution in [0.15, 0.2) is 0 Å². The maximum atomic E-state index is 12.7. The van der Waals surface area contributed by atoms with E-state index in [4.69, 9.17) is 0 Å². The van der Waals surface area contributed by atoms with Gasteiger partial charge in [0.1, 0.15) is 6.04 Å². The summed E-state index contributed by atoms with van der Waals surface area (Å²) in [5, 5.41) is 5.17.